The topological polar surface area (TPSA) is 38.1 Å². The summed E-state index contributed by atoms with van der Waals surface area (Å²) in [6, 6.07) is 8.63. The molecule has 0 radical (unpaired) electrons. The first-order valence-corrected chi connectivity index (χ1v) is 8.96. The van der Waals surface area contributed by atoms with Gasteiger partial charge < -0.3 is 4.90 Å². The Morgan fingerprint density at radius 2 is 2.00 bits per heavy atom. The highest BCUT2D eigenvalue weighted by Crippen LogP contribution is 2.40. The Morgan fingerprint density at radius 1 is 1.21 bits per heavy atom. The van der Waals surface area contributed by atoms with Gasteiger partial charge in [-0.1, -0.05) is 24.3 Å². The minimum atomic E-state index is 0.0408. The first-order valence-electron chi connectivity index (χ1n) is 8.96. The van der Waals surface area contributed by atoms with Gasteiger partial charge >= 0.3 is 0 Å². The Hall–Kier alpha value is -2.10. The number of fused-ring (bicyclic) bond motifs is 1. The molecule has 0 unspecified atom stereocenters. The van der Waals surface area contributed by atoms with Crippen LogP contribution in [0.25, 0.3) is 0 Å². The van der Waals surface area contributed by atoms with Gasteiger partial charge in [-0.3, -0.25) is 9.48 Å². The van der Waals surface area contributed by atoms with Crippen LogP contribution in [0.3, 0.4) is 0 Å². The van der Waals surface area contributed by atoms with Crippen molar-refractivity contribution < 1.29 is 4.79 Å². The zero-order valence-electron chi connectivity index (χ0n) is 14.7. The molecule has 4 rings (SSSR count). The molecule has 0 N–H and O–H groups in total. The number of aryl methyl sites for hydroxylation is 3. The number of hydrogen-bond donors (Lipinski definition) is 0. The number of amides is 1. The minimum Gasteiger partial charge on any atom is -0.335 e. The van der Waals surface area contributed by atoms with E-state index in [2.05, 4.69) is 48.1 Å². The van der Waals surface area contributed by atoms with Crippen molar-refractivity contribution in [3.63, 3.8) is 0 Å². The average molecular weight is 323 g/mol. The van der Waals surface area contributed by atoms with Gasteiger partial charge in [0.05, 0.1) is 17.7 Å². The van der Waals surface area contributed by atoms with Gasteiger partial charge in [-0.15, -0.1) is 0 Å². The van der Waals surface area contributed by atoms with E-state index >= 15 is 0 Å². The van der Waals surface area contributed by atoms with Crippen LogP contribution in [0.15, 0.2) is 24.3 Å². The summed E-state index contributed by atoms with van der Waals surface area (Å²) in [5.41, 5.74) is 6.10. The van der Waals surface area contributed by atoms with Crippen LogP contribution in [0.5, 0.6) is 0 Å². The number of aromatic nitrogens is 2. The number of rotatable bonds is 2. The van der Waals surface area contributed by atoms with Gasteiger partial charge in [-0.05, 0) is 50.7 Å². The molecular formula is C20H25N3O. The van der Waals surface area contributed by atoms with Crippen molar-refractivity contribution in [1.82, 2.24) is 14.7 Å². The molecule has 4 nitrogen and oxygen atoms in total. The third-order valence-corrected chi connectivity index (χ3v) is 5.87. The first-order chi connectivity index (χ1) is 11.6. The van der Waals surface area contributed by atoms with Crippen LogP contribution < -0.4 is 0 Å². The molecule has 1 aliphatic heterocycles. The lowest BCUT2D eigenvalue weighted by atomic mass is 9.97. The highest BCUT2D eigenvalue weighted by atomic mass is 16.2. The molecule has 24 heavy (non-hydrogen) atoms. The summed E-state index contributed by atoms with van der Waals surface area (Å²) >= 11 is 0. The third kappa shape index (κ3) is 2.27. The predicted octanol–water partition coefficient (Wildman–Crippen LogP) is 3.43. The fourth-order valence-electron chi connectivity index (χ4n) is 4.62. The number of benzene rings is 1. The summed E-state index contributed by atoms with van der Waals surface area (Å²) in [6.45, 7) is 5.05. The number of carbonyl (C=O) groups excluding carboxylic acids is 1. The predicted molar refractivity (Wildman–Crippen MR) is 93.9 cm³/mol. The summed E-state index contributed by atoms with van der Waals surface area (Å²) in [4.78, 5) is 15.5. The molecule has 1 fully saturated rings. The number of carbonyl (C=O) groups is 1. The Morgan fingerprint density at radius 3 is 2.75 bits per heavy atom. The van der Waals surface area contributed by atoms with Crippen LogP contribution in [0.4, 0.5) is 0 Å². The molecule has 2 aliphatic rings. The van der Waals surface area contributed by atoms with Gasteiger partial charge in [-0.25, -0.2) is 0 Å². The maximum atomic E-state index is 13.3. The van der Waals surface area contributed by atoms with Crippen molar-refractivity contribution in [2.45, 2.75) is 51.5 Å². The lowest BCUT2D eigenvalue weighted by molar-refractivity contribution is -0.133. The number of likely N-dealkylation sites (tertiary alicyclic amines) is 1. The van der Waals surface area contributed by atoms with E-state index in [1.54, 1.807) is 0 Å². The van der Waals surface area contributed by atoms with E-state index in [4.69, 9.17) is 0 Å². The average Bonchev–Trinajstić information content (AvgIpc) is 3.26. The molecule has 0 saturated carbocycles. The van der Waals surface area contributed by atoms with Crippen LogP contribution in [-0.2, 0) is 18.3 Å². The van der Waals surface area contributed by atoms with E-state index in [-0.39, 0.29) is 12.0 Å². The summed E-state index contributed by atoms with van der Waals surface area (Å²) in [5, 5.41) is 4.56. The Kier molecular flexibility index (Phi) is 3.70. The standard InChI is InChI=1S/C20H25N3O/c1-13-19(14(2)22(3)21-13)18-9-6-12-23(18)20(24)17-11-10-15-7-4-5-8-16(15)17/h4-5,7-8,17-18H,6,9-12H2,1-3H3/t17-,18-/m0/s1. The minimum absolute atomic E-state index is 0.0408. The van der Waals surface area contributed by atoms with E-state index in [1.807, 2.05) is 11.7 Å². The molecule has 1 saturated heterocycles. The van der Waals surface area contributed by atoms with Crippen molar-refractivity contribution in [3.05, 3.63) is 52.3 Å². The Bertz CT molecular complexity index is 792. The molecule has 1 aromatic carbocycles. The molecule has 4 heteroatoms. The summed E-state index contributed by atoms with van der Waals surface area (Å²) < 4.78 is 1.94. The lowest BCUT2D eigenvalue weighted by Crippen LogP contribution is -2.34. The van der Waals surface area contributed by atoms with Crippen LogP contribution in [0.1, 0.15) is 59.3 Å². The van der Waals surface area contributed by atoms with Crippen molar-refractivity contribution in [1.29, 1.82) is 0 Å². The second-order valence-corrected chi connectivity index (χ2v) is 7.19. The smallest absolute Gasteiger partial charge is 0.230 e. The van der Waals surface area contributed by atoms with Crippen molar-refractivity contribution in [2.75, 3.05) is 6.54 Å². The fraction of sp³-hybridized carbons (Fsp3) is 0.500. The quantitative estimate of drug-likeness (QED) is 0.849. The van der Waals surface area contributed by atoms with Crippen LogP contribution in [0.2, 0.25) is 0 Å². The Balaban J connectivity index is 1.65. The maximum absolute atomic E-state index is 13.3. The highest BCUT2D eigenvalue weighted by Gasteiger charge is 2.38. The zero-order chi connectivity index (χ0) is 16.8. The fourth-order valence-corrected chi connectivity index (χ4v) is 4.62. The van der Waals surface area contributed by atoms with Gasteiger partial charge in [-0.2, -0.15) is 5.10 Å². The molecule has 1 aromatic heterocycles. The van der Waals surface area contributed by atoms with Crippen LogP contribution >= 0.6 is 0 Å². The van der Waals surface area contributed by atoms with Crippen molar-refractivity contribution >= 4 is 5.91 Å². The monoisotopic (exact) mass is 323 g/mol. The normalized spacial score (nSPS) is 22.9. The molecule has 2 heterocycles. The molecule has 2 aromatic rings. The molecule has 1 aliphatic carbocycles. The second-order valence-electron chi connectivity index (χ2n) is 7.19. The van der Waals surface area contributed by atoms with Gasteiger partial charge in [0, 0.05) is 24.8 Å². The van der Waals surface area contributed by atoms with Crippen LogP contribution in [0, 0.1) is 13.8 Å². The zero-order valence-corrected chi connectivity index (χ0v) is 14.7. The summed E-state index contributed by atoms with van der Waals surface area (Å²) in [5.74, 6) is 0.351. The number of hydrogen-bond acceptors (Lipinski definition) is 2. The van der Waals surface area contributed by atoms with Gasteiger partial charge in [0.2, 0.25) is 5.91 Å². The molecule has 0 bridgehead atoms. The lowest BCUT2D eigenvalue weighted by Gasteiger charge is -2.28. The second kappa shape index (κ2) is 5.76. The maximum Gasteiger partial charge on any atom is 0.230 e. The molecular weight excluding hydrogens is 298 g/mol. The van der Waals surface area contributed by atoms with Crippen LogP contribution in [-0.4, -0.2) is 27.1 Å². The highest BCUT2D eigenvalue weighted by molar-refractivity contribution is 5.85. The SMILES string of the molecule is Cc1nn(C)c(C)c1[C@@H]1CCCN1C(=O)[C@H]1CCc2ccccc21. The van der Waals surface area contributed by atoms with E-state index in [0.29, 0.717) is 5.91 Å². The van der Waals surface area contributed by atoms with Crippen molar-refractivity contribution in [3.8, 4) is 0 Å². The molecule has 2 atom stereocenters. The van der Waals surface area contributed by atoms with Gasteiger partial charge in [0.25, 0.3) is 0 Å². The van der Waals surface area contributed by atoms with E-state index < -0.39 is 0 Å². The molecule has 126 valence electrons. The van der Waals surface area contributed by atoms with Gasteiger partial charge in [0.1, 0.15) is 0 Å². The van der Waals surface area contributed by atoms with E-state index in [1.165, 1.54) is 22.4 Å². The van der Waals surface area contributed by atoms with Crippen molar-refractivity contribution in [2.24, 2.45) is 7.05 Å². The summed E-state index contributed by atoms with van der Waals surface area (Å²) in [7, 11) is 1.99. The summed E-state index contributed by atoms with van der Waals surface area (Å²) in [6.07, 6.45) is 4.11. The van der Waals surface area contributed by atoms with Gasteiger partial charge in [0.15, 0.2) is 0 Å². The largest absolute Gasteiger partial charge is 0.335 e. The Labute approximate surface area is 143 Å². The molecule has 0 spiro atoms. The first kappa shape index (κ1) is 15.4. The number of nitrogens with zero attached hydrogens (tertiary/aromatic N) is 3. The molecule has 1 amide bonds. The van der Waals surface area contributed by atoms with E-state index in [0.717, 1.165) is 37.9 Å². The third-order valence-electron chi connectivity index (χ3n) is 5.87. The van der Waals surface area contributed by atoms with E-state index in [9.17, 15) is 4.79 Å².